The average Bonchev–Trinajstić information content (AvgIpc) is 2.53. The van der Waals surface area contributed by atoms with Gasteiger partial charge in [-0.25, -0.2) is 0 Å². The lowest BCUT2D eigenvalue weighted by atomic mass is 9.82. The Morgan fingerprint density at radius 3 is 2.52 bits per heavy atom. The van der Waals surface area contributed by atoms with Crippen molar-refractivity contribution in [2.75, 3.05) is 32.8 Å². The number of piperidine rings is 1. The SMILES string of the molecule is CCNC(=NCC1CCCC(C)C1)N1CCC(OCC)CC1.I. The number of hydrogen-bond donors (Lipinski definition) is 1. The first-order chi connectivity index (χ1) is 10.7. The van der Waals surface area contributed by atoms with E-state index >= 15 is 0 Å². The minimum absolute atomic E-state index is 0. The van der Waals surface area contributed by atoms with E-state index in [0.29, 0.717) is 6.10 Å². The summed E-state index contributed by atoms with van der Waals surface area (Å²) in [4.78, 5) is 7.38. The lowest BCUT2D eigenvalue weighted by Gasteiger charge is -2.34. The first kappa shape index (κ1) is 21.0. The van der Waals surface area contributed by atoms with Crippen LogP contribution >= 0.6 is 24.0 Å². The van der Waals surface area contributed by atoms with Gasteiger partial charge >= 0.3 is 0 Å². The number of hydrogen-bond acceptors (Lipinski definition) is 2. The van der Waals surface area contributed by atoms with Crippen LogP contribution in [0.5, 0.6) is 0 Å². The maximum atomic E-state index is 5.75. The molecule has 0 aromatic heterocycles. The van der Waals surface area contributed by atoms with E-state index in [0.717, 1.165) is 63.4 Å². The molecule has 0 radical (unpaired) electrons. The van der Waals surface area contributed by atoms with Crippen molar-refractivity contribution in [3.8, 4) is 0 Å². The fourth-order valence-electron chi connectivity index (χ4n) is 3.84. The fraction of sp³-hybridized carbons (Fsp3) is 0.944. The molecule has 1 N–H and O–H groups in total. The van der Waals surface area contributed by atoms with Gasteiger partial charge in [0.15, 0.2) is 5.96 Å². The van der Waals surface area contributed by atoms with Gasteiger partial charge in [-0.05, 0) is 51.4 Å². The number of likely N-dealkylation sites (tertiary alicyclic amines) is 1. The molecule has 4 nitrogen and oxygen atoms in total. The van der Waals surface area contributed by atoms with Crippen LogP contribution in [0.4, 0.5) is 0 Å². The first-order valence-corrected chi connectivity index (χ1v) is 9.37. The van der Waals surface area contributed by atoms with Crippen molar-refractivity contribution in [1.29, 1.82) is 0 Å². The molecule has 23 heavy (non-hydrogen) atoms. The molecule has 0 amide bonds. The zero-order valence-electron chi connectivity index (χ0n) is 15.2. The second-order valence-electron chi connectivity index (χ2n) is 6.97. The van der Waals surface area contributed by atoms with Gasteiger partial charge in [-0.3, -0.25) is 4.99 Å². The molecule has 5 heteroatoms. The van der Waals surface area contributed by atoms with Crippen LogP contribution in [-0.2, 0) is 4.74 Å². The van der Waals surface area contributed by atoms with Crippen molar-refractivity contribution in [2.45, 2.75) is 65.4 Å². The van der Waals surface area contributed by atoms with E-state index in [9.17, 15) is 0 Å². The third-order valence-electron chi connectivity index (χ3n) is 5.02. The maximum absolute atomic E-state index is 5.75. The number of halogens is 1. The number of rotatable bonds is 5. The third kappa shape index (κ3) is 7.16. The Morgan fingerprint density at radius 1 is 1.17 bits per heavy atom. The maximum Gasteiger partial charge on any atom is 0.193 e. The van der Waals surface area contributed by atoms with E-state index in [2.05, 4.69) is 31.0 Å². The number of guanidine groups is 1. The first-order valence-electron chi connectivity index (χ1n) is 9.37. The quantitative estimate of drug-likeness (QED) is 0.403. The summed E-state index contributed by atoms with van der Waals surface area (Å²) in [5.41, 5.74) is 0. The van der Waals surface area contributed by atoms with Crippen molar-refractivity contribution in [3.63, 3.8) is 0 Å². The standard InChI is InChI=1S/C18H35N3O.HI/c1-4-19-18(20-14-16-8-6-7-15(3)13-16)21-11-9-17(10-12-21)22-5-2;/h15-17H,4-14H2,1-3H3,(H,19,20);1H. The summed E-state index contributed by atoms with van der Waals surface area (Å²) in [7, 11) is 0. The Kier molecular flexibility index (Phi) is 10.5. The van der Waals surface area contributed by atoms with Crippen LogP contribution in [0.3, 0.4) is 0 Å². The van der Waals surface area contributed by atoms with E-state index in [-0.39, 0.29) is 24.0 Å². The number of aliphatic imine (C=N–C) groups is 1. The van der Waals surface area contributed by atoms with E-state index in [1.54, 1.807) is 0 Å². The van der Waals surface area contributed by atoms with Crippen molar-refractivity contribution in [1.82, 2.24) is 10.2 Å². The summed E-state index contributed by atoms with van der Waals surface area (Å²) in [5.74, 6) is 2.80. The smallest absolute Gasteiger partial charge is 0.193 e. The molecule has 136 valence electrons. The molecule has 0 aromatic carbocycles. The van der Waals surface area contributed by atoms with Crippen molar-refractivity contribution in [2.24, 2.45) is 16.8 Å². The molecule has 1 saturated carbocycles. The second kappa shape index (κ2) is 11.5. The topological polar surface area (TPSA) is 36.9 Å². The van der Waals surface area contributed by atoms with E-state index in [1.165, 1.54) is 25.7 Å². The van der Waals surface area contributed by atoms with Crippen LogP contribution in [0.2, 0.25) is 0 Å². The van der Waals surface area contributed by atoms with Gasteiger partial charge in [0.05, 0.1) is 6.10 Å². The van der Waals surface area contributed by atoms with Crippen molar-refractivity contribution >= 4 is 29.9 Å². The molecule has 0 spiro atoms. The van der Waals surface area contributed by atoms with Gasteiger partial charge in [-0.15, -0.1) is 24.0 Å². The fourth-order valence-corrected chi connectivity index (χ4v) is 3.84. The molecular weight excluding hydrogens is 401 g/mol. The van der Waals surface area contributed by atoms with Crippen LogP contribution in [-0.4, -0.2) is 49.7 Å². The summed E-state index contributed by atoms with van der Waals surface area (Å²) in [6.45, 7) is 11.5. The van der Waals surface area contributed by atoms with Crippen LogP contribution < -0.4 is 5.32 Å². The van der Waals surface area contributed by atoms with Gasteiger partial charge < -0.3 is 15.0 Å². The molecule has 2 fully saturated rings. The van der Waals surface area contributed by atoms with Gasteiger partial charge in [-0.2, -0.15) is 0 Å². The van der Waals surface area contributed by atoms with Gasteiger partial charge in [0.2, 0.25) is 0 Å². The number of ether oxygens (including phenoxy) is 1. The van der Waals surface area contributed by atoms with Crippen LogP contribution in [0, 0.1) is 11.8 Å². The molecule has 2 rings (SSSR count). The van der Waals surface area contributed by atoms with E-state index < -0.39 is 0 Å². The molecule has 0 aromatic rings. The van der Waals surface area contributed by atoms with Crippen LogP contribution in [0.1, 0.15) is 59.3 Å². The second-order valence-corrected chi connectivity index (χ2v) is 6.97. The minimum Gasteiger partial charge on any atom is -0.378 e. The van der Waals surface area contributed by atoms with Gasteiger partial charge in [0, 0.05) is 32.8 Å². The molecule has 1 aliphatic heterocycles. The predicted octanol–water partition coefficient (Wildman–Crippen LogP) is 3.90. The highest BCUT2D eigenvalue weighted by Crippen LogP contribution is 2.28. The highest BCUT2D eigenvalue weighted by molar-refractivity contribution is 14.0. The summed E-state index contributed by atoms with van der Waals surface area (Å²) < 4.78 is 5.75. The number of nitrogens with one attached hydrogen (secondary N) is 1. The largest absolute Gasteiger partial charge is 0.378 e. The zero-order valence-corrected chi connectivity index (χ0v) is 17.6. The molecule has 1 heterocycles. The van der Waals surface area contributed by atoms with Crippen molar-refractivity contribution in [3.05, 3.63) is 0 Å². The Hall–Kier alpha value is -0.0400. The van der Waals surface area contributed by atoms with Gasteiger partial charge in [0.25, 0.3) is 0 Å². The Balaban J connectivity index is 0.00000264. The summed E-state index contributed by atoms with van der Waals surface area (Å²) in [6.07, 6.45) is 8.21. The molecule has 0 bridgehead atoms. The van der Waals surface area contributed by atoms with Crippen LogP contribution in [0.25, 0.3) is 0 Å². The molecule has 2 unspecified atom stereocenters. The lowest BCUT2D eigenvalue weighted by Crippen LogP contribution is -2.47. The normalized spacial score (nSPS) is 26.7. The summed E-state index contributed by atoms with van der Waals surface area (Å²) in [5, 5.41) is 3.49. The van der Waals surface area contributed by atoms with Crippen molar-refractivity contribution < 1.29 is 4.74 Å². The third-order valence-corrected chi connectivity index (χ3v) is 5.02. The molecule has 2 aliphatic rings. The Morgan fingerprint density at radius 2 is 1.91 bits per heavy atom. The van der Waals surface area contributed by atoms with Crippen LogP contribution in [0.15, 0.2) is 4.99 Å². The Bertz CT molecular complexity index is 343. The summed E-state index contributed by atoms with van der Waals surface area (Å²) in [6, 6.07) is 0. The zero-order chi connectivity index (χ0) is 15.8. The highest BCUT2D eigenvalue weighted by Gasteiger charge is 2.23. The molecule has 1 saturated heterocycles. The lowest BCUT2D eigenvalue weighted by molar-refractivity contribution is 0.0263. The highest BCUT2D eigenvalue weighted by atomic mass is 127. The summed E-state index contributed by atoms with van der Waals surface area (Å²) >= 11 is 0. The molecular formula is C18H36IN3O. The minimum atomic E-state index is 0. The number of nitrogens with zero attached hydrogens (tertiary/aromatic N) is 2. The molecule has 1 aliphatic carbocycles. The van der Waals surface area contributed by atoms with Gasteiger partial charge in [0.1, 0.15) is 0 Å². The van der Waals surface area contributed by atoms with Gasteiger partial charge in [-0.1, -0.05) is 19.8 Å². The average molecular weight is 437 g/mol. The predicted molar refractivity (Wildman–Crippen MR) is 109 cm³/mol. The monoisotopic (exact) mass is 437 g/mol. The van der Waals surface area contributed by atoms with E-state index in [1.807, 2.05) is 0 Å². The van der Waals surface area contributed by atoms with E-state index in [4.69, 9.17) is 9.73 Å². The molecule has 2 atom stereocenters. The Labute approximate surface area is 159 Å².